The van der Waals surface area contributed by atoms with Crippen LogP contribution in [0.1, 0.15) is 123 Å². The fourth-order valence-corrected chi connectivity index (χ4v) is 10.3. The Labute approximate surface area is 374 Å². The Morgan fingerprint density at radius 2 is 1.18 bits per heavy atom. The number of alkyl halides is 4. The zero-order chi connectivity index (χ0) is 46.4. The first kappa shape index (κ1) is 43.4. The summed E-state index contributed by atoms with van der Waals surface area (Å²) in [6.07, 6.45) is 2.29. The number of imidazole rings is 2. The van der Waals surface area contributed by atoms with Crippen LogP contribution in [0.3, 0.4) is 0 Å². The normalized spacial score (nSPS) is 20.8. The van der Waals surface area contributed by atoms with Gasteiger partial charge in [-0.15, -0.1) is 0 Å². The molecule has 3 aromatic carbocycles. The molecule has 2 amide bonds. The molecule has 2 saturated heterocycles. The number of aryl methyl sites for hydroxylation is 4. The maximum Gasteiger partial charge on any atom is 0.252 e. The number of hydrogen-bond donors (Lipinski definition) is 1. The van der Waals surface area contributed by atoms with E-state index in [2.05, 4.69) is 15.6 Å². The van der Waals surface area contributed by atoms with Crippen LogP contribution in [0.15, 0.2) is 63.6 Å². The van der Waals surface area contributed by atoms with Crippen molar-refractivity contribution in [1.29, 1.82) is 0 Å². The zero-order valence-corrected chi connectivity index (χ0v) is 36.6. The molecule has 1 N–H and O–H groups in total. The van der Waals surface area contributed by atoms with Crippen molar-refractivity contribution in [2.24, 2.45) is 0 Å². The maximum absolute atomic E-state index is 14.1. The summed E-state index contributed by atoms with van der Waals surface area (Å²) in [4.78, 5) is 36.1. The number of rotatable bonds is 7. The minimum atomic E-state index is -2.77. The van der Waals surface area contributed by atoms with Gasteiger partial charge in [0.2, 0.25) is 11.8 Å². The number of carbonyl (C=O) groups excluding carboxylic acids is 2. The molecule has 7 aromatic rings. The summed E-state index contributed by atoms with van der Waals surface area (Å²) in [5.41, 5.74) is 8.05. The second-order valence-corrected chi connectivity index (χ2v) is 18.1. The van der Waals surface area contributed by atoms with Crippen LogP contribution in [0, 0.1) is 39.3 Å². The summed E-state index contributed by atoms with van der Waals surface area (Å²) in [6.45, 7) is 7.39. The highest BCUT2D eigenvalue weighted by Gasteiger charge is 2.49. The summed E-state index contributed by atoms with van der Waals surface area (Å²) >= 11 is 0. The molecule has 2 atom stereocenters. The smallest absolute Gasteiger partial charge is 0.252 e. The first-order valence-electron chi connectivity index (χ1n) is 22.2. The van der Waals surface area contributed by atoms with Gasteiger partial charge >= 0.3 is 0 Å². The summed E-state index contributed by atoms with van der Waals surface area (Å²) in [5.74, 6) is -5.24. The van der Waals surface area contributed by atoms with Crippen molar-refractivity contribution in [2.45, 2.75) is 128 Å². The number of hydrogen-bond acceptors (Lipinski definition) is 8. The summed E-state index contributed by atoms with van der Waals surface area (Å²) in [5, 5.41) is 11.0. The van der Waals surface area contributed by atoms with Crippen molar-refractivity contribution >= 4 is 39.6 Å². The predicted octanol–water partition coefficient (Wildman–Crippen LogP) is 11.4. The van der Waals surface area contributed by atoms with Crippen LogP contribution in [-0.2, 0) is 9.59 Å². The van der Waals surface area contributed by atoms with Gasteiger partial charge in [-0.05, 0) is 101 Å². The Bertz CT molecular complexity index is 3010. The second-order valence-electron chi connectivity index (χ2n) is 18.1. The highest BCUT2D eigenvalue weighted by atomic mass is 19.3. The SMILES string of the molecule is Cc1noc(C)c1-c1ccc2c(c1)nc([C@@H]1CCCC(=O)N1)n2C1CC(F)(F)C1.Cc1noc(C)c1-c1ccc2c(c1)nc([C@@H]1CCCC(=O)N1c1ccc(F)c(F)c1)n2C1CC(F)(F)C1. The number of aromatic nitrogens is 6. The number of nitrogens with one attached hydrogen (secondary N) is 1. The first-order valence-corrected chi connectivity index (χ1v) is 22.2. The van der Waals surface area contributed by atoms with E-state index in [4.69, 9.17) is 19.0 Å². The minimum Gasteiger partial charge on any atom is -0.361 e. The lowest BCUT2D eigenvalue weighted by Crippen LogP contribution is -2.42. The third kappa shape index (κ3) is 7.70. The molecule has 2 aliphatic heterocycles. The Hall–Kier alpha value is -6.46. The van der Waals surface area contributed by atoms with Crippen LogP contribution in [0.25, 0.3) is 44.3 Å². The van der Waals surface area contributed by atoms with Crippen molar-refractivity contribution in [1.82, 2.24) is 34.7 Å². The zero-order valence-electron chi connectivity index (χ0n) is 36.6. The molecule has 344 valence electrons. The lowest BCUT2D eigenvalue weighted by Gasteiger charge is -2.40. The van der Waals surface area contributed by atoms with Crippen molar-refractivity contribution in [2.75, 3.05) is 4.90 Å². The van der Waals surface area contributed by atoms with Gasteiger partial charge in [0.05, 0.1) is 45.5 Å². The van der Waals surface area contributed by atoms with E-state index in [1.807, 2.05) is 68.7 Å². The molecule has 2 aliphatic carbocycles. The largest absolute Gasteiger partial charge is 0.361 e. The Kier molecular flexibility index (Phi) is 10.6. The number of carbonyl (C=O) groups is 2. The third-order valence-corrected chi connectivity index (χ3v) is 13.4. The number of nitrogens with zero attached hydrogens (tertiary/aromatic N) is 7. The predicted molar refractivity (Wildman–Crippen MR) is 231 cm³/mol. The molecule has 0 radical (unpaired) electrons. The van der Waals surface area contributed by atoms with E-state index in [1.165, 1.54) is 11.0 Å². The number of benzene rings is 3. The van der Waals surface area contributed by atoms with Gasteiger partial charge in [0.1, 0.15) is 23.2 Å². The van der Waals surface area contributed by atoms with E-state index in [9.17, 15) is 35.9 Å². The van der Waals surface area contributed by atoms with E-state index in [0.29, 0.717) is 47.7 Å². The van der Waals surface area contributed by atoms with Crippen molar-refractivity contribution < 1.29 is 45.0 Å². The molecule has 4 aliphatic rings. The standard InChI is InChI=1S/C27H24F4N4O2.C21H22F2N4O2/c1-14-25(15(2)37-33-14)16-6-9-22-21(10-16)32-26(35(22)18-12-27(30,31)13-18)23-4-3-5-24(36)34(23)17-7-8-19(28)20(29)11-17;1-11-19(12(2)29-26-11)13-6-7-17-16(8-13)25-20(15-4-3-5-18(28)24-15)27(17)14-9-21(22,23)10-14/h6-11,18,23H,3-5,12-13H2,1-2H3;6-8,14-15H,3-5,9-10H2,1-2H3,(H,24,28)/t23-;15-/m00/s1. The van der Waals surface area contributed by atoms with Gasteiger partial charge in [-0.1, -0.05) is 22.4 Å². The fraction of sp³-hybridized carbons (Fsp3) is 0.417. The quantitative estimate of drug-likeness (QED) is 0.156. The molecule has 0 spiro atoms. The van der Waals surface area contributed by atoms with Crippen molar-refractivity contribution in [3.63, 3.8) is 0 Å². The van der Waals surface area contributed by atoms with Crippen LogP contribution < -0.4 is 10.2 Å². The molecule has 0 bridgehead atoms. The molecule has 18 heteroatoms. The van der Waals surface area contributed by atoms with E-state index in [-0.39, 0.29) is 61.7 Å². The van der Waals surface area contributed by atoms with Gasteiger partial charge in [0.15, 0.2) is 11.6 Å². The van der Waals surface area contributed by atoms with Crippen LogP contribution >= 0.6 is 0 Å². The average Bonchev–Trinajstić information content (AvgIpc) is 4.01. The Balaban J connectivity index is 0.000000160. The molecule has 4 fully saturated rings. The lowest BCUT2D eigenvalue weighted by atomic mass is 9.87. The van der Waals surface area contributed by atoms with Crippen LogP contribution in [0.2, 0.25) is 0 Å². The summed E-state index contributed by atoms with van der Waals surface area (Å²) in [6, 6.07) is 13.1. The van der Waals surface area contributed by atoms with Crippen LogP contribution in [0.4, 0.5) is 32.0 Å². The van der Waals surface area contributed by atoms with Gasteiger partial charge < -0.3 is 28.4 Å². The molecule has 4 aromatic heterocycles. The van der Waals surface area contributed by atoms with Gasteiger partial charge in [-0.2, -0.15) is 0 Å². The van der Waals surface area contributed by atoms with E-state index in [0.717, 1.165) is 75.4 Å². The third-order valence-electron chi connectivity index (χ3n) is 13.4. The molecule has 0 unspecified atom stereocenters. The molecule has 6 heterocycles. The van der Waals surface area contributed by atoms with E-state index in [1.54, 1.807) is 4.57 Å². The minimum absolute atomic E-state index is 0.0183. The molecular formula is C48H46F6N8O4. The fourth-order valence-electron chi connectivity index (χ4n) is 10.3. The molecule has 2 saturated carbocycles. The summed E-state index contributed by atoms with van der Waals surface area (Å²) < 4.78 is 97.3. The average molecular weight is 913 g/mol. The van der Waals surface area contributed by atoms with Gasteiger partial charge in [-0.25, -0.2) is 36.3 Å². The lowest BCUT2D eigenvalue weighted by molar-refractivity contribution is -0.124. The second kappa shape index (κ2) is 16.2. The van der Waals surface area contributed by atoms with E-state index < -0.39 is 35.6 Å². The maximum atomic E-state index is 14.1. The van der Waals surface area contributed by atoms with Gasteiger partial charge in [0.25, 0.3) is 11.8 Å². The topological polar surface area (TPSA) is 137 Å². The molecule has 12 nitrogen and oxygen atoms in total. The number of amides is 2. The highest BCUT2D eigenvalue weighted by Crippen LogP contribution is 2.50. The van der Waals surface area contributed by atoms with Crippen molar-refractivity contribution in [3.8, 4) is 22.3 Å². The summed E-state index contributed by atoms with van der Waals surface area (Å²) in [7, 11) is 0. The number of halogens is 6. The Morgan fingerprint density at radius 1 is 0.652 bits per heavy atom. The van der Waals surface area contributed by atoms with Gasteiger partial charge in [-0.3, -0.25) is 9.59 Å². The van der Waals surface area contributed by atoms with Crippen molar-refractivity contribution in [3.05, 3.63) is 101 Å². The number of piperidine rings is 2. The highest BCUT2D eigenvalue weighted by molar-refractivity contribution is 5.95. The molecular weight excluding hydrogens is 867 g/mol. The Morgan fingerprint density at radius 3 is 1.68 bits per heavy atom. The van der Waals surface area contributed by atoms with Crippen LogP contribution in [0.5, 0.6) is 0 Å². The molecule has 66 heavy (non-hydrogen) atoms. The van der Waals surface area contributed by atoms with Crippen LogP contribution in [-0.4, -0.2) is 53.1 Å². The first-order chi connectivity index (χ1) is 31.4. The number of anilines is 1. The van der Waals surface area contributed by atoms with Gasteiger partial charge in [0, 0.05) is 73.5 Å². The number of fused-ring (bicyclic) bond motifs is 2. The monoisotopic (exact) mass is 912 g/mol. The molecule has 11 rings (SSSR count). The van der Waals surface area contributed by atoms with E-state index >= 15 is 0 Å².